The smallest absolute Gasteiger partial charge is 0.534 e. The Labute approximate surface area is 309 Å². The molecule has 3 aromatic carbocycles. The maximum atomic E-state index is 14.7. The summed E-state index contributed by atoms with van der Waals surface area (Å²) in [5, 5.41) is 56.5. The van der Waals surface area contributed by atoms with Crippen molar-refractivity contribution in [3.63, 3.8) is 0 Å². The zero-order valence-electron chi connectivity index (χ0n) is 28.0. The molecular formula is C33H32BClF2N6O11. The molecule has 2 atom stereocenters. The minimum Gasteiger partial charge on any atom is -0.534 e. The largest absolute Gasteiger partial charge is 0.547 e. The van der Waals surface area contributed by atoms with E-state index in [1.807, 2.05) is 0 Å². The second-order valence-electron chi connectivity index (χ2n) is 12.7. The van der Waals surface area contributed by atoms with Crippen molar-refractivity contribution in [1.29, 1.82) is 0 Å². The average molecular weight is 773 g/mol. The van der Waals surface area contributed by atoms with Gasteiger partial charge in [-0.05, 0) is 49.1 Å². The summed E-state index contributed by atoms with van der Waals surface area (Å²) in [5.41, 5.74) is -0.885. The van der Waals surface area contributed by atoms with Gasteiger partial charge in [0.1, 0.15) is 28.9 Å². The average Bonchev–Trinajstić information content (AvgIpc) is 3.52. The number of hydrogen-bond donors (Lipinski definition) is 8. The number of nitrogens with one attached hydrogen (secondary N) is 3. The van der Waals surface area contributed by atoms with Crippen LogP contribution in [0.25, 0.3) is 0 Å². The van der Waals surface area contributed by atoms with Crippen LogP contribution >= 0.6 is 11.6 Å². The summed E-state index contributed by atoms with van der Waals surface area (Å²) in [4.78, 5) is 69.1. The van der Waals surface area contributed by atoms with Crippen molar-refractivity contribution in [3.05, 3.63) is 75.8 Å². The predicted octanol–water partition coefficient (Wildman–Crippen LogP) is 2.76. The number of urea groups is 3. The van der Waals surface area contributed by atoms with Gasteiger partial charge in [0.25, 0.3) is 0 Å². The summed E-state index contributed by atoms with van der Waals surface area (Å²) < 4.78 is 34.2. The lowest BCUT2D eigenvalue weighted by atomic mass is 9.72. The molecule has 8 N–H and O–H groups in total. The highest BCUT2D eigenvalue weighted by Crippen LogP contribution is 2.41. The number of phenols is 3. The van der Waals surface area contributed by atoms with Crippen molar-refractivity contribution in [1.82, 2.24) is 25.3 Å². The lowest BCUT2D eigenvalue weighted by molar-refractivity contribution is -0.123. The second-order valence-corrected chi connectivity index (χ2v) is 13.1. The van der Waals surface area contributed by atoms with Gasteiger partial charge in [-0.15, -0.1) is 0 Å². The zero-order chi connectivity index (χ0) is 39.0. The summed E-state index contributed by atoms with van der Waals surface area (Å²) >= 11 is 6.19. The highest BCUT2D eigenvalue weighted by molar-refractivity contribution is 6.47. The number of carbonyl (C=O) groups is 5. The molecule has 6 rings (SSSR count). The Morgan fingerprint density at radius 3 is 2.35 bits per heavy atom. The molecule has 0 saturated carbocycles. The first-order chi connectivity index (χ1) is 25.6. The molecule has 3 aliphatic heterocycles. The van der Waals surface area contributed by atoms with E-state index in [4.69, 9.17) is 16.3 Å². The van der Waals surface area contributed by atoms with Crippen molar-refractivity contribution in [2.45, 2.75) is 37.3 Å². The van der Waals surface area contributed by atoms with E-state index < -0.39 is 94.1 Å². The summed E-state index contributed by atoms with van der Waals surface area (Å²) in [7, 11) is -1.93. The maximum absolute atomic E-state index is 14.7. The summed E-state index contributed by atoms with van der Waals surface area (Å²) in [6.45, 7) is 0.516. The molecule has 0 aromatic heterocycles. The second kappa shape index (κ2) is 15.1. The monoisotopic (exact) mass is 772 g/mol. The quantitative estimate of drug-likeness (QED) is 0.128. The van der Waals surface area contributed by atoms with E-state index in [1.54, 1.807) is 17.0 Å². The van der Waals surface area contributed by atoms with Crippen LogP contribution in [0.4, 0.5) is 28.9 Å². The van der Waals surface area contributed by atoms with Gasteiger partial charge in [0.05, 0.1) is 11.0 Å². The SMILES string of the molecule is O=C(O)c1c(F)ccc2c1OB(O)[C@@H](NC(=O)C(NC(=O)N1CCN(C3CCN(C(=O)Nc4cccc(O)c4)CC3)C1=O)c1cc(F)c(O)c(O)c1Cl)C2. The molecule has 0 bridgehead atoms. The number of carbonyl (C=O) groups excluding carboxylic acids is 4. The first-order valence-electron chi connectivity index (χ1n) is 16.5. The van der Waals surface area contributed by atoms with Gasteiger partial charge in [-0.1, -0.05) is 23.7 Å². The first-order valence-corrected chi connectivity index (χ1v) is 16.9. The van der Waals surface area contributed by atoms with Crippen LogP contribution in [0, 0.1) is 11.6 Å². The summed E-state index contributed by atoms with van der Waals surface area (Å²) in [5.74, 6) is -9.58. The molecular weight excluding hydrogens is 741 g/mol. The van der Waals surface area contributed by atoms with Gasteiger partial charge in [0, 0.05) is 49.5 Å². The molecule has 2 saturated heterocycles. The van der Waals surface area contributed by atoms with Gasteiger partial charge in [0.2, 0.25) is 5.91 Å². The van der Waals surface area contributed by atoms with Crippen molar-refractivity contribution >= 4 is 54.4 Å². The number of benzene rings is 3. The van der Waals surface area contributed by atoms with E-state index in [9.17, 15) is 58.2 Å². The molecule has 0 aliphatic carbocycles. The van der Waals surface area contributed by atoms with Crippen molar-refractivity contribution in [3.8, 4) is 23.0 Å². The van der Waals surface area contributed by atoms with E-state index >= 15 is 0 Å². The van der Waals surface area contributed by atoms with Crippen LogP contribution in [0.3, 0.4) is 0 Å². The topological polar surface area (TPSA) is 242 Å². The Morgan fingerprint density at radius 2 is 1.67 bits per heavy atom. The number of aromatic carboxylic acids is 1. The zero-order valence-corrected chi connectivity index (χ0v) is 28.7. The maximum Gasteiger partial charge on any atom is 0.547 e. The normalized spacial score (nSPS) is 17.8. The molecule has 17 nitrogen and oxygen atoms in total. The number of hydrogen-bond acceptors (Lipinski definition) is 10. The Bertz CT molecular complexity index is 2040. The van der Waals surface area contributed by atoms with Crippen molar-refractivity contribution in [2.75, 3.05) is 31.5 Å². The fourth-order valence-corrected chi connectivity index (χ4v) is 6.84. The molecule has 1 unspecified atom stereocenters. The highest BCUT2D eigenvalue weighted by atomic mass is 35.5. The number of carboxylic acids is 1. The summed E-state index contributed by atoms with van der Waals surface area (Å²) in [6.07, 6.45) is 0.454. The first kappa shape index (κ1) is 37.7. The predicted molar refractivity (Wildman–Crippen MR) is 184 cm³/mol. The lowest BCUT2D eigenvalue weighted by Gasteiger charge is -2.36. The third kappa shape index (κ3) is 7.42. The minimum atomic E-state index is -1.96. The number of imide groups is 1. The number of carboxylic acid groups (broad SMARTS) is 1. The highest BCUT2D eigenvalue weighted by Gasteiger charge is 2.43. The molecule has 3 heterocycles. The van der Waals surface area contributed by atoms with Crippen LogP contribution < -0.4 is 20.6 Å². The van der Waals surface area contributed by atoms with E-state index in [2.05, 4.69) is 16.0 Å². The Balaban J connectivity index is 1.15. The molecule has 3 aliphatic rings. The number of fused-ring (bicyclic) bond motifs is 1. The van der Waals surface area contributed by atoms with Gasteiger partial charge in [-0.25, -0.2) is 32.9 Å². The van der Waals surface area contributed by atoms with Gasteiger partial charge < -0.3 is 55.9 Å². The molecule has 2 fully saturated rings. The molecule has 54 heavy (non-hydrogen) atoms. The minimum absolute atomic E-state index is 0.0173. The molecule has 21 heteroatoms. The number of phenolic OH excluding ortho intramolecular Hbond substituents is 3. The van der Waals surface area contributed by atoms with E-state index in [1.165, 1.54) is 23.1 Å². The van der Waals surface area contributed by atoms with Crippen LogP contribution in [0.2, 0.25) is 5.02 Å². The van der Waals surface area contributed by atoms with E-state index in [0.717, 1.165) is 11.0 Å². The Morgan fingerprint density at radius 1 is 0.944 bits per heavy atom. The van der Waals surface area contributed by atoms with Gasteiger partial charge in [-0.2, -0.15) is 0 Å². The van der Waals surface area contributed by atoms with Crippen LogP contribution in [-0.4, -0.2) is 115 Å². The van der Waals surface area contributed by atoms with E-state index in [0.29, 0.717) is 24.6 Å². The Kier molecular flexibility index (Phi) is 10.6. The lowest BCUT2D eigenvalue weighted by Crippen LogP contribution is -2.56. The molecule has 0 spiro atoms. The van der Waals surface area contributed by atoms with Crippen LogP contribution in [-0.2, 0) is 11.2 Å². The number of amides is 7. The third-order valence-corrected chi connectivity index (χ3v) is 9.76. The molecule has 3 aromatic rings. The Hall–Kier alpha value is -6.02. The van der Waals surface area contributed by atoms with Crippen LogP contribution in [0.5, 0.6) is 23.0 Å². The number of rotatable bonds is 7. The fraction of sp³-hybridized carbons (Fsp3) is 0.303. The number of halogens is 3. The van der Waals surface area contributed by atoms with Crippen LogP contribution in [0.1, 0.15) is 40.4 Å². The number of piperidine rings is 1. The number of aromatic hydroxyl groups is 3. The molecule has 7 amide bonds. The van der Waals surface area contributed by atoms with Gasteiger partial charge in [0.15, 0.2) is 17.3 Å². The third-order valence-electron chi connectivity index (χ3n) is 9.36. The number of anilines is 1. The number of nitrogens with zero attached hydrogens (tertiary/aromatic N) is 3. The van der Waals surface area contributed by atoms with Gasteiger partial charge in [-0.3, -0.25) is 4.79 Å². The number of likely N-dealkylation sites (tertiary alicyclic amines) is 1. The van der Waals surface area contributed by atoms with Gasteiger partial charge >= 0.3 is 31.2 Å². The fourth-order valence-electron chi connectivity index (χ4n) is 6.59. The van der Waals surface area contributed by atoms with Crippen LogP contribution in [0.15, 0.2) is 42.5 Å². The molecule has 0 radical (unpaired) electrons. The standard InChI is InChI=1S/C33H32BClF2N6O11/c35-24-19(14-21(37)26(45)27(24)46)25(29(47)39-22-12-15-4-5-20(36)23(30(48)49)28(15)54-34(22)53)40-32(51)43-11-10-42(33(43)52)17-6-8-41(9-7-17)31(50)38-16-2-1-3-18(44)13-16/h1-5,13-14,17,22,25,44-46,53H,6-12H2,(H,38,50)(H,39,47)(H,40,51)(H,48,49)/t22-,25?/m0/s1. The molecule has 284 valence electrons. The van der Waals surface area contributed by atoms with Crippen molar-refractivity contribution in [2.24, 2.45) is 0 Å². The summed E-state index contributed by atoms with van der Waals surface area (Å²) in [6, 6.07) is 4.11. The van der Waals surface area contributed by atoms with Crippen molar-refractivity contribution < 1.29 is 62.9 Å². The van der Waals surface area contributed by atoms with E-state index in [-0.39, 0.29) is 50.0 Å².